The Bertz CT molecular complexity index is 769. The van der Waals surface area contributed by atoms with Crippen LogP contribution in [-0.4, -0.2) is 66.0 Å². The molecule has 0 bridgehead atoms. The van der Waals surface area contributed by atoms with E-state index in [-0.39, 0.29) is 36.6 Å². The van der Waals surface area contributed by atoms with Crippen molar-refractivity contribution >= 4 is 23.6 Å². The van der Waals surface area contributed by atoms with Gasteiger partial charge in [0, 0.05) is 39.1 Å². The van der Waals surface area contributed by atoms with Gasteiger partial charge in [-0.2, -0.15) is 0 Å². The van der Waals surface area contributed by atoms with E-state index in [4.69, 9.17) is 4.74 Å². The van der Waals surface area contributed by atoms with Gasteiger partial charge in [0.1, 0.15) is 11.4 Å². The highest BCUT2D eigenvalue weighted by molar-refractivity contribution is 6.00. The van der Waals surface area contributed by atoms with Crippen molar-refractivity contribution in [2.24, 2.45) is 5.92 Å². The van der Waals surface area contributed by atoms with Crippen molar-refractivity contribution < 1.29 is 23.5 Å². The first kappa shape index (κ1) is 20.1. The Morgan fingerprint density at radius 1 is 1.07 bits per heavy atom. The summed E-state index contributed by atoms with van der Waals surface area (Å²) in [7, 11) is 0. The van der Waals surface area contributed by atoms with Crippen LogP contribution in [0.3, 0.4) is 0 Å². The highest BCUT2D eigenvalue weighted by atomic mass is 19.1. The van der Waals surface area contributed by atoms with E-state index < -0.39 is 17.3 Å². The van der Waals surface area contributed by atoms with Crippen LogP contribution >= 0.6 is 0 Å². The van der Waals surface area contributed by atoms with Crippen LogP contribution in [0.15, 0.2) is 24.3 Å². The van der Waals surface area contributed by atoms with E-state index in [9.17, 15) is 18.8 Å². The first-order chi connectivity index (χ1) is 13.2. The van der Waals surface area contributed by atoms with Crippen LogP contribution < -0.4 is 4.90 Å². The number of piperazine rings is 1. The van der Waals surface area contributed by atoms with Gasteiger partial charge in [-0.3, -0.25) is 9.59 Å². The van der Waals surface area contributed by atoms with Crippen molar-refractivity contribution in [1.29, 1.82) is 0 Å². The van der Waals surface area contributed by atoms with Crippen molar-refractivity contribution in [3.05, 3.63) is 30.1 Å². The van der Waals surface area contributed by atoms with Gasteiger partial charge in [0.05, 0.1) is 11.6 Å². The third-order valence-electron chi connectivity index (χ3n) is 4.86. The van der Waals surface area contributed by atoms with Crippen LogP contribution in [0.25, 0.3) is 0 Å². The fraction of sp³-hybridized carbons (Fsp3) is 0.550. The summed E-state index contributed by atoms with van der Waals surface area (Å²) in [5.74, 6) is -1.36. The van der Waals surface area contributed by atoms with Gasteiger partial charge in [-0.25, -0.2) is 9.18 Å². The second kappa shape index (κ2) is 7.77. The lowest BCUT2D eigenvalue weighted by atomic mass is 10.1. The van der Waals surface area contributed by atoms with Gasteiger partial charge >= 0.3 is 6.09 Å². The Hall–Kier alpha value is -2.64. The normalized spacial score (nSPS) is 20.5. The van der Waals surface area contributed by atoms with Gasteiger partial charge in [0.25, 0.3) is 0 Å². The number of anilines is 1. The monoisotopic (exact) mass is 391 g/mol. The lowest BCUT2D eigenvalue weighted by Gasteiger charge is -2.36. The average Bonchev–Trinajstić information content (AvgIpc) is 3.02. The number of hydrogen-bond acceptors (Lipinski definition) is 4. The zero-order chi connectivity index (χ0) is 20.5. The molecule has 28 heavy (non-hydrogen) atoms. The van der Waals surface area contributed by atoms with E-state index >= 15 is 0 Å². The zero-order valence-corrected chi connectivity index (χ0v) is 16.5. The number of ether oxygens (including phenoxy) is 1. The van der Waals surface area contributed by atoms with E-state index in [1.165, 1.54) is 11.0 Å². The molecule has 152 valence electrons. The van der Waals surface area contributed by atoms with Crippen LogP contribution in [-0.2, 0) is 14.3 Å². The van der Waals surface area contributed by atoms with Gasteiger partial charge in [0.15, 0.2) is 0 Å². The predicted octanol–water partition coefficient (Wildman–Crippen LogP) is 2.26. The minimum Gasteiger partial charge on any atom is -0.444 e. The van der Waals surface area contributed by atoms with Gasteiger partial charge in [-0.1, -0.05) is 12.1 Å². The molecule has 3 rings (SSSR count). The summed E-state index contributed by atoms with van der Waals surface area (Å²) in [5, 5.41) is 0. The standard InChI is InChI=1S/C20H26FN3O4/c1-20(2,3)28-19(27)23-10-8-22(9-11-23)18(26)14-12-17(25)24(13-14)16-7-5-4-6-15(16)21/h4-7,14H,8-13H2,1-3H3/t14-/m0/s1. The Morgan fingerprint density at radius 3 is 2.29 bits per heavy atom. The molecule has 0 saturated carbocycles. The molecule has 1 aromatic carbocycles. The Kier molecular flexibility index (Phi) is 5.58. The van der Waals surface area contributed by atoms with Gasteiger partial charge in [-0.15, -0.1) is 0 Å². The molecular formula is C20H26FN3O4. The number of carbonyl (C=O) groups excluding carboxylic acids is 3. The van der Waals surface area contributed by atoms with Crippen LogP contribution in [0.2, 0.25) is 0 Å². The lowest BCUT2D eigenvalue weighted by Crippen LogP contribution is -2.53. The Balaban J connectivity index is 1.57. The zero-order valence-electron chi connectivity index (χ0n) is 16.5. The third kappa shape index (κ3) is 4.43. The number of benzene rings is 1. The van der Waals surface area contributed by atoms with Crippen molar-refractivity contribution in [3.8, 4) is 0 Å². The van der Waals surface area contributed by atoms with E-state index in [0.29, 0.717) is 26.2 Å². The van der Waals surface area contributed by atoms with Gasteiger partial charge in [-0.05, 0) is 32.9 Å². The molecular weight excluding hydrogens is 365 g/mol. The number of carbonyl (C=O) groups is 3. The van der Waals surface area contributed by atoms with E-state index in [1.54, 1.807) is 28.0 Å². The van der Waals surface area contributed by atoms with Crippen LogP contribution in [0.4, 0.5) is 14.9 Å². The van der Waals surface area contributed by atoms with E-state index in [2.05, 4.69) is 0 Å². The second-order valence-electron chi connectivity index (χ2n) is 8.15. The summed E-state index contributed by atoms with van der Waals surface area (Å²) in [6.07, 6.45) is -0.319. The first-order valence-corrected chi connectivity index (χ1v) is 9.47. The summed E-state index contributed by atoms with van der Waals surface area (Å²) in [6.45, 7) is 7.15. The largest absolute Gasteiger partial charge is 0.444 e. The molecule has 0 spiro atoms. The molecule has 0 radical (unpaired) electrons. The molecule has 2 saturated heterocycles. The molecule has 8 heteroatoms. The Morgan fingerprint density at radius 2 is 1.68 bits per heavy atom. The molecule has 1 aromatic rings. The second-order valence-corrected chi connectivity index (χ2v) is 8.15. The minimum absolute atomic E-state index is 0.0689. The lowest BCUT2D eigenvalue weighted by molar-refractivity contribution is -0.137. The predicted molar refractivity (Wildman–Crippen MR) is 101 cm³/mol. The molecule has 2 aliphatic rings. The first-order valence-electron chi connectivity index (χ1n) is 9.47. The summed E-state index contributed by atoms with van der Waals surface area (Å²) in [5.41, 5.74) is -0.359. The van der Waals surface area contributed by atoms with Gasteiger partial charge in [0.2, 0.25) is 11.8 Å². The van der Waals surface area contributed by atoms with E-state index in [1.807, 2.05) is 20.8 Å². The van der Waals surface area contributed by atoms with Crippen LogP contribution in [0.1, 0.15) is 27.2 Å². The third-order valence-corrected chi connectivity index (χ3v) is 4.86. The van der Waals surface area contributed by atoms with Crippen LogP contribution in [0, 0.1) is 11.7 Å². The van der Waals surface area contributed by atoms with Gasteiger partial charge < -0.3 is 19.4 Å². The molecule has 0 aromatic heterocycles. The maximum atomic E-state index is 14.0. The Labute approximate surface area is 164 Å². The summed E-state index contributed by atoms with van der Waals surface area (Å²) in [6, 6.07) is 6.07. The number of rotatable bonds is 2. The quantitative estimate of drug-likeness (QED) is 0.775. The van der Waals surface area contributed by atoms with Crippen molar-refractivity contribution in [3.63, 3.8) is 0 Å². The number of hydrogen-bond donors (Lipinski definition) is 0. The number of amides is 3. The molecule has 7 nitrogen and oxygen atoms in total. The molecule has 2 aliphatic heterocycles. The summed E-state index contributed by atoms with van der Waals surface area (Å²) >= 11 is 0. The molecule has 0 unspecified atom stereocenters. The minimum atomic E-state index is -0.565. The molecule has 2 fully saturated rings. The molecule has 0 aliphatic carbocycles. The summed E-state index contributed by atoms with van der Waals surface area (Å²) in [4.78, 5) is 41.9. The highest BCUT2D eigenvalue weighted by Gasteiger charge is 2.39. The maximum absolute atomic E-state index is 14.0. The molecule has 0 N–H and O–H groups in total. The number of nitrogens with zero attached hydrogens (tertiary/aromatic N) is 3. The average molecular weight is 391 g/mol. The number of para-hydroxylation sites is 1. The molecule has 3 amide bonds. The highest BCUT2D eigenvalue weighted by Crippen LogP contribution is 2.28. The maximum Gasteiger partial charge on any atom is 0.410 e. The molecule has 1 atom stereocenters. The van der Waals surface area contributed by atoms with E-state index in [0.717, 1.165) is 0 Å². The van der Waals surface area contributed by atoms with Crippen molar-refractivity contribution in [1.82, 2.24) is 9.80 Å². The fourth-order valence-electron chi connectivity index (χ4n) is 3.47. The van der Waals surface area contributed by atoms with Crippen molar-refractivity contribution in [2.75, 3.05) is 37.6 Å². The molecule has 2 heterocycles. The smallest absolute Gasteiger partial charge is 0.410 e. The number of halogens is 1. The SMILES string of the molecule is CC(C)(C)OC(=O)N1CCN(C(=O)[C@H]2CC(=O)N(c3ccccc3F)C2)CC1. The fourth-order valence-corrected chi connectivity index (χ4v) is 3.47. The summed E-state index contributed by atoms with van der Waals surface area (Å²) < 4.78 is 19.4. The van der Waals surface area contributed by atoms with Crippen molar-refractivity contribution in [2.45, 2.75) is 32.8 Å². The van der Waals surface area contributed by atoms with Crippen LogP contribution in [0.5, 0.6) is 0 Å². The topological polar surface area (TPSA) is 70.2 Å².